The molecule has 0 radical (unpaired) electrons. The number of hydrogen-bond acceptors (Lipinski definition) is 4. The molecule has 1 aliphatic rings. The van der Waals surface area contributed by atoms with Crippen LogP contribution in [0.3, 0.4) is 0 Å². The monoisotopic (exact) mass is 333 g/mol. The van der Waals surface area contributed by atoms with Gasteiger partial charge in [-0.25, -0.2) is 4.79 Å². The molecule has 0 saturated heterocycles. The van der Waals surface area contributed by atoms with Crippen molar-refractivity contribution < 1.29 is 24.3 Å². The van der Waals surface area contributed by atoms with E-state index in [9.17, 15) is 19.2 Å². The van der Waals surface area contributed by atoms with Crippen LogP contribution in [0, 0.1) is 0 Å². The number of aromatic carboxylic acids is 1. The van der Waals surface area contributed by atoms with Crippen LogP contribution in [-0.2, 0) is 27.3 Å². The molecule has 24 heavy (non-hydrogen) atoms. The van der Waals surface area contributed by atoms with Crippen molar-refractivity contribution in [3.63, 3.8) is 0 Å². The van der Waals surface area contributed by atoms with Crippen molar-refractivity contribution >= 4 is 23.7 Å². The standard InChI is InChI=1S/C16H19N3O5/c1-10(20)17-7-14(21)18-8-15(22)19-5-4-11-2-3-12(16(23)24)6-13(11)9-19/h2-3,6H,4-5,7-9H2,1H3,(H,17,20)(H,18,21)(H,23,24). The summed E-state index contributed by atoms with van der Waals surface area (Å²) in [5.74, 6) is -2.02. The minimum Gasteiger partial charge on any atom is -0.478 e. The lowest BCUT2D eigenvalue weighted by atomic mass is 9.97. The molecule has 0 aliphatic carbocycles. The lowest BCUT2D eigenvalue weighted by Gasteiger charge is -2.29. The van der Waals surface area contributed by atoms with Crippen LogP contribution in [0.1, 0.15) is 28.4 Å². The molecule has 0 aromatic heterocycles. The molecule has 2 rings (SSSR count). The second kappa shape index (κ2) is 7.58. The zero-order valence-corrected chi connectivity index (χ0v) is 13.3. The first-order valence-electron chi connectivity index (χ1n) is 7.51. The highest BCUT2D eigenvalue weighted by molar-refractivity contribution is 5.89. The molecule has 0 atom stereocenters. The number of carboxylic acid groups (broad SMARTS) is 1. The summed E-state index contributed by atoms with van der Waals surface area (Å²) in [6.45, 7) is 1.80. The summed E-state index contributed by atoms with van der Waals surface area (Å²) in [4.78, 5) is 47.0. The first-order chi connectivity index (χ1) is 11.4. The Morgan fingerprint density at radius 3 is 2.54 bits per heavy atom. The fraction of sp³-hybridized carbons (Fsp3) is 0.375. The van der Waals surface area contributed by atoms with Crippen LogP contribution in [0.4, 0.5) is 0 Å². The summed E-state index contributed by atoms with van der Waals surface area (Å²) in [6.07, 6.45) is 0.640. The van der Waals surface area contributed by atoms with Crippen LogP contribution in [0.2, 0.25) is 0 Å². The predicted octanol–water partition coefficient (Wildman–Crippen LogP) is -0.478. The summed E-state index contributed by atoms with van der Waals surface area (Å²) in [6, 6.07) is 4.91. The maximum absolute atomic E-state index is 12.2. The normalized spacial score (nSPS) is 13.0. The van der Waals surface area contributed by atoms with Gasteiger partial charge in [0.05, 0.1) is 18.7 Å². The van der Waals surface area contributed by atoms with Crippen LogP contribution in [0.25, 0.3) is 0 Å². The third-order valence-electron chi connectivity index (χ3n) is 3.75. The van der Waals surface area contributed by atoms with Crippen LogP contribution < -0.4 is 10.6 Å². The maximum atomic E-state index is 12.2. The van der Waals surface area contributed by atoms with Gasteiger partial charge in [0.2, 0.25) is 17.7 Å². The van der Waals surface area contributed by atoms with Gasteiger partial charge < -0.3 is 20.6 Å². The van der Waals surface area contributed by atoms with Gasteiger partial charge in [0.25, 0.3) is 0 Å². The van der Waals surface area contributed by atoms with Gasteiger partial charge in [-0.05, 0) is 29.7 Å². The Labute approximate surface area is 138 Å². The summed E-state index contributed by atoms with van der Waals surface area (Å²) in [5, 5.41) is 13.8. The molecule has 0 bridgehead atoms. The van der Waals surface area contributed by atoms with Gasteiger partial charge in [0.1, 0.15) is 0 Å². The van der Waals surface area contributed by atoms with E-state index in [4.69, 9.17) is 5.11 Å². The average Bonchev–Trinajstić information content (AvgIpc) is 2.56. The number of fused-ring (bicyclic) bond motifs is 1. The average molecular weight is 333 g/mol. The highest BCUT2D eigenvalue weighted by Crippen LogP contribution is 2.20. The molecule has 3 amide bonds. The topological polar surface area (TPSA) is 116 Å². The van der Waals surface area contributed by atoms with Gasteiger partial charge in [-0.3, -0.25) is 14.4 Å². The van der Waals surface area contributed by atoms with E-state index in [0.29, 0.717) is 19.5 Å². The molecular formula is C16H19N3O5. The number of amides is 3. The lowest BCUT2D eigenvalue weighted by Crippen LogP contribution is -2.44. The van der Waals surface area contributed by atoms with E-state index in [2.05, 4.69) is 10.6 Å². The van der Waals surface area contributed by atoms with E-state index in [0.717, 1.165) is 11.1 Å². The molecular weight excluding hydrogens is 314 g/mol. The number of nitrogens with one attached hydrogen (secondary N) is 2. The Kier molecular flexibility index (Phi) is 5.51. The highest BCUT2D eigenvalue weighted by atomic mass is 16.4. The van der Waals surface area contributed by atoms with Crippen LogP contribution in [0.15, 0.2) is 18.2 Å². The zero-order valence-electron chi connectivity index (χ0n) is 13.3. The van der Waals surface area contributed by atoms with Crippen molar-refractivity contribution in [2.24, 2.45) is 0 Å². The molecule has 128 valence electrons. The van der Waals surface area contributed by atoms with Crippen LogP contribution in [0.5, 0.6) is 0 Å². The molecule has 1 aromatic carbocycles. The van der Waals surface area contributed by atoms with E-state index in [-0.39, 0.29) is 30.5 Å². The number of rotatable bonds is 5. The minimum atomic E-state index is -1.01. The fourth-order valence-corrected chi connectivity index (χ4v) is 2.46. The summed E-state index contributed by atoms with van der Waals surface area (Å²) in [7, 11) is 0. The van der Waals surface area contributed by atoms with E-state index >= 15 is 0 Å². The van der Waals surface area contributed by atoms with E-state index in [1.807, 2.05) is 0 Å². The first-order valence-corrected chi connectivity index (χ1v) is 7.51. The molecule has 1 aromatic rings. The minimum absolute atomic E-state index is 0.160. The smallest absolute Gasteiger partial charge is 0.335 e. The first kappa shape index (κ1) is 17.5. The summed E-state index contributed by atoms with van der Waals surface area (Å²) >= 11 is 0. The van der Waals surface area contributed by atoms with Gasteiger partial charge in [-0.15, -0.1) is 0 Å². The van der Waals surface area contributed by atoms with Gasteiger partial charge in [-0.1, -0.05) is 6.07 Å². The lowest BCUT2D eigenvalue weighted by molar-refractivity contribution is -0.133. The molecule has 1 aliphatic heterocycles. The Hall–Kier alpha value is -2.90. The number of carbonyl (C=O) groups is 4. The number of carbonyl (C=O) groups excluding carboxylic acids is 3. The Morgan fingerprint density at radius 1 is 1.12 bits per heavy atom. The summed E-state index contributed by atoms with van der Waals surface area (Å²) < 4.78 is 0. The van der Waals surface area contributed by atoms with Crippen molar-refractivity contribution in [1.29, 1.82) is 0 Å². The van der Waals surface area contributed by atoms with Crippen LogP contribution >= 0.6 is 0 Å². The fourth-order valence-electron chi connectivity index (χ4n) is 2.46. The van der Waals surface area contributed by atoms with Gasteiger partial charge >= 0.3 is 5.97 Å². The van der Waals surface area contributed by atoms with E-state index in [1.54, 1.807) is 23.1 Å². The quantitative estimate of drug-likeness (QED) is 0.673. The van der Waals surface area contributed by atoms with Crippen molar-refractivity contribution in [2.45, 2.75) is 19.9 Å². The second-order valence-electron chi connectivity index (χ2n) is 5.54. The molecule has 8 heteroatoms. The number of carboxylic acids is 1. The molecule has 1 heterocycles. The number of hydrogen-bond donors (Lipinski definition) is 3. The molecule has 0 fully saturated rings. The van der Waals surface area contributed by atoms with E-state index in [1.165, 1.54) is 6.92 Å². The molecule has 0 spiro atoms. The van der Waals surface area contributed by atoms with Gasteiger partial charge in [0, 0.05) is 20.0 Å². The Bertz CT molecular complexity index is 686. The summed E-state index contributed by atoms with van der Waals surface area (Å²) in [5.41, 5.74) is 2.02. The van der Waals surface area contributed by atoms with Crippen LogP contribution in [-0.4, -0.2) is 53.3 Å². The van der Waals surface area contributed by atoms with Crippen molar-refractivity contribution in [3.05, 3.63) is 34.9 Å². The molecule has 3 N–H and O–H groups in total. The maximum Gasteiger partial charge on any atom is 0.335 e. The Morgan fingerprint density at radius 2 is 1.88 bits per heavy atom. The van der Waals surface area contributed by atoms with Gasteiger partial charge in [0.15, 0.2) is 0 Å². The third-order valence-corrected chi connectivity index (χ3v) is 3.75. The highest BCUT2D eigenvalue weighted by Gasteiger charge is 2.21. The second-order valence-corrected chi connectivity index (χ2v) is 5.54. The number of benzene rings is 1. The zero-order chi connectivity index (χ0) is 17.7. The molecule has 0 saturated carbocycles. The Balaban J connectivity index is 1.91. The molecule has 8 nitrogen and oxygen atoms in total. The predicted molar refractivity (Wildman–Crippen MR) is 84.2 cm³/mol. The van der Waals surface area contributed by atoms with E-state index < -0.39 is 11.9 Å². The third kappa shape index (κ3) is 4.55. The van der Waals surface area contributed by atoms with Crippen molar-refractivity contribution in [3.8, 4) is 0 Å². The van der Waals surface area contributed by atoms with Crippen molar-refractivity contribution in [1.82, 2.24) is 15.5 Å². The SMILES string of the molecule is CC(=O)NCC(=O)NCC(=O)N1CCc2ccc(C(=O)O)cc2C1. The number of nitrogens with zero attached hydrogens (tertiary/aromatic N) is 1. The van der Waals surface area contributed by atoms with Crippen molar-refractivity contribution in [2.75, 3.05) is 19.6 Å². The molecule has 0 unspecified atom stereocenters. The largest absolute Gasteiger partial charge is 0.478 e. The van der Waals surface area contributed by atoms with Gasteiger partial charge in [-0.2, -0.15) is 0 Å².